The number of nitrogens with two attached hydrogens (primary N) is 1. The second-order valence-electron chi connectivity index (χ2n) is 7.21. The lowest BCUT2D eigenvalue weighted by Gasteiger charge is -2.44. The van der Waals surface area contributed by atoms with Crippen LogP contribution in [0.3, 0.4) is 0 Å². The number of hydrogen-bond acceptors (Lipinski definition) is 5. The maximum Gasteiger partial charge on any atom is 0.236 e. The van der Waals surface area contributed by atoms with Crippen LogP contribution in [0.4, 0.5) is 0 Å². The van der Waals surface area contributed by atoms with Crippen LogP contribution in [0.5, 0.6) is 0 Å². The van der Waals surface area contributed by atoms with Crippen LogP contribution in [-0.4, -0.2) is 97.1 Å². The Morgan fingerprint density at radius 2 is 1.35 bits per heavy atom. The fourth-order valence-corrected chi connectivity index (χ4v) is 4.22. The molecule has 0 bridgehead atoms. The Morgan fingerprint density at radius 1 is 0.783 bits per heavy atom. The van der Waals surface area contributed by atoms with Crippen LogP contribution in [0.2, 0.25) is 0 Å². The highest BCUT2D eigenvalue weighted by Gasteiger charge is 2.29. The van der Waals surface area contributed by atoms with E-state index in [0.717, 1.165) is 39.3 Å². The summed E-state index contributed by atoms with van der Waals surface area (Å²) < 4.78 is 0. The van der Waals surface area contributed by atoms with Crippen molar-refractivity contribution in [2.75, 3.05) is 65.4 Å². The maximum absolute atomic E-state index is 12.3. The summed E-state index contributed by atoms with van der Waals surface area (Å²) in [6, 6.07) is 0. The molecule has 0 aliphatic carbocycles. The molecule has 6 nitrogen and oxygen atoms in total. The van der Waals surface area contributed by atoms with Gasteiger partial charge in [-0.05, 0) is 38.8 Å². The fraction of sp³-hybridized carbons (Fsp3) is 0.941. The molecule has 1 amide bonds. The van der Waals surface area contributed by atoms with Gasteiger partial charge in [-0.2, -0.15) is 0 Å². The summed E-state index contributed by atoms with van der Waals surface area (Å²) in [5.41, 5.74) is 6.07. The number of carbonyl (C=O) groups excluding carboxylic acids is 1. The molecule has 6 heteroatoms. The Balaban J connectivity index is 1.44. The standard InChI is InChI=1S/C17H33N5O/c18-14-16(20-6-2-1-3-7-20)21-12-10-19(11-13-21)15-17(23)22-8-4-5-9-22/h16H,1-15,18H2. The Morgan fingerprint density at radius 3 is 1.96 bits per heavy atom. The van der Waals surface area contributed by atoms with Gasteiger partial charge in [0.25, 0.3) is 0 Å². The van der Waals surface area contributed by atoms with E-state index in [0.29, 0.717) is 25.2 Å². The quantitative estimate of drug-likeness (QED) is 0.772. The van der Waals surface area contributed by atoms with Gasteiger partial charge >= 0.3 is 0 Å². The topological polar surface area (TPSA) is 56.1 Å². The van der Waals surface area contributed by atoms with E-state index in [1.165, 1.54) is 45.2 Å². The van der Waals surface area contributed by atoms with Crippen molar-refractivity contribution in [3.8, 4) is 0 Å². The summed E-state index contributed by atoms with van der Waals surface area (Å²) in [5.74, 6) is 0.322. The van der Waals surface area contributed by atoms with Crippen LogP contribution in [-0.2, 0) is 4.79 Å². The average molecular weight is 323 g/mol. The van der Waals surface area contributed by atoms with E-state index >= 15 is 0 Å². The Hall–Kier alpha value is -0.690. The predicted molar refractivity (Wildman–Crippen MR) is 92.1 cm³/mol. The first-order chi connectivity index (χ1) is 11.3. The molecule has 0 spiro atoms. The van der Waals surface area contributed by atoms with Gasteiger partial charge in [-0.1, -0.05) is 6.42 Å². The molecule has 0 saturated carbocycles. The smallest absolute Gasteiger partial charge is 0.236 e. The van der Waals surface area contributed by atoms with Crippen molar-refractivity contribution >= 4 is 5.91 Å². The number of piperidine rings is 1. The third-order valence-electron chi connectivity index (χ3n) is 5.67. The number of hydrogen-bond donors (Lipinski definition) is 1. The highest BCUT2D eigenvalue weighted by molar-refractivity contribution is 5.78. The number of piperazine rings is 1. The van der Waals surface area contributed by atoms with Gasteiger partial charge in [-0.25, -0.2) is 0 Å². The van der Waals surface area contributed by atoms with Gasteiger partial charge in [-0.15, -0.1) is 0 Å². The monoisotopic (exact) mass is 323 g/mol. The summed E-state index contributed by atoms with van der Waals surface area (Å²) in [4.78, 5) is 21.7. The van der Waals surface area contributed by atoms with Crippen molar-refractivity contribution in [2.24, 2.45) is 5.73 Å². The van der Waals surface area contributed by atoms with Crippen molar-refractivity contribution in [3.63, 3.8) is 0 Å². The zero-order valence-corrected chi connectivity index (χ0v) is 14.5. The number of nitrogens with zero attached hydrogens (tertiary/aromatic N) is 4. The first-order valence-electron chi connectivity index (χ1n) is 9.46. The first-order valence-corrected chi connectivity index (χ1v) is 9.46. The lowest BCUT2D eigenvalue weighted by molar-refractivity contribution is -0.132. The first kappa shape index (κ1) is 17.1. The third kappa shape index (κ3) is 4.44. The number of rotatable bonds is 5. The fourth-order valence-electron chi connectivity index (χ4n) is 4.22. The van der Waals surface area contributed by atoms with Gasteiger partial charge in [0.1, 0.15) is 0 Å². The average Bonchev–Trinajstić information content (AvgIpc) is 3.13. The minimum absolute atomic E-state index is 0.322. The van der Waals surface area contributed by atoms with Crippen molar-refractivity contribution in [2.45, 2.75) is 38.3 Å². The summed E-state index contributed by atoms with van der Waals surface area (Å²) >= 11 is 0. The van der Waals surface area contributed by atoms with Crippen LogP contribution in [0.1, 0.15) is 32.1 Å². The normalized spacial score (nSPS) is 26.6. The molecular formula is C17H33N5O. The molecule has 3 rings (SSSR count). The second-order valence-corrected chi connectivity index (χ2v) is 7.21. The summed E-state index contributed by atoms with van der Waals surface area (Å²) in [6.45, 7) is 9.67. The molecule has 1 unspecified atom stereocenters. The van der Waals surface area contributed by atoms with Crippen molar-refractivity contribution < 1.29 is 4.79 Å². The zero-order valence-electron chi connectivity index (χ0n) is 14.5. The van der Waals surface area contributed by atoms with Gasteiger partial charge in [0.2, 0.25) is 5.91 Å². The lowest BCUT2D eigenvalue weighted by Crippen LogP contribution is -2.60. The van der Waals surface area contributed by atoms with Crippen LogP contribution in [0, 0.1) is 0 Å². The molecule has 1 atom stereocenters. The molecule has 3 saturated heterocycles. The van der Waals surface area contributed by atoms with E-state index < -0.39 is 0 Å². The Bertz CT molecular complexity index is 371. The second kappa shape index (κ2) is 8.42. The molecule has 132 valence electrons. The number of carbonyl (C=O) groups is 1. The van der Waals surface area contributed by atoms with Crippen molar-refractivity contribution in [3.05, 3.63) is 0 Å². The zero-order chi connectivity index (χ0) is 16.1. The highest BCUT2D eigenvalue weighted by atomic mass is 16.2. The Kier molecular flexibility index (Phi) is 6.28. The van der Waals surface area contributed by atoms with Gasteiger partial charge in [-0.3, -0.25) is 19.5 Å². The van der Waals surface area contributed by atoms with E-state index in [4.69, 9.17) is 5.73 Å². The van der Waals surface area contributed by atoms with E-state index in [-0.39, 0.29) is 0 Å². The van der Waals surface area contributed by atoms with Gasteiger partial charge in [0.05, 0.1) is 12.7 Å². The van der Waals surface area contributed by atoms with E-state index in [2.05, 4.69) is 14.7 Å². The SMILES string of the molecule is NCC(N1CCCCC1)N1CCN(CC(=O)N2CCCC2)CC1. The lowest BCUT2D eigenvalue weighted by atomic mass is 10.1. The molecule has 3 aliphatic heterocycles. The maximum atomic E-state index is 12.3. The summed E-state index contributed by atoms with van der Waals surface area (Å²) in [7, 11) is 0. The largest absolute Gasteiger partial charge is 0.342 e. The molecule has 0 aromatic rings. The molecule has 0 aromatic heterocycles. The van der Waals surface area contributed by atoms with Crippen LogP contribution < -0.4 is 5.73 Å². The van der Waals surface area contributed by atoms with Crippen LogP contribution >= 0.6 is 0 Å². The van der Waals surface area contributed by atoms with E-state index in [1.54, 1.807) is 0 Å². The number of amides is 1. The molecule has 23 heavy (non-hydrogen) atoms. The van der Waals surface area contributed by atoms with Gasteiger partial charge in [0.15, 0.2) is 0 Å². The molecular weight excluding hydrogens is 290 g/mol. The summed E-state index contributed by atoms with van der Waals surface area (Å²) in [5, 5.41) is 0. The van der Waals surface area contributed by atoms with Crippen molar-refractivity contribution in [1.29, 1.82) is 0 Å². The molecule has 2 N–H and O–H groups in total. The molecule has 3 aliphatic rings. The van der Waals surface area contributed by atoms with E-state index in [9.17, 15) is 4.79 Å². The molecule has 3 heterocycles. The predicted octanol–water partition coefficient (Wildman–Crippen LogP) is -0.00290. The van der Waals surface area contributed by atoms with E-state index in [1.807, 2.05) is 4.90 Å². The highest BCUT2D eigenvalue weighted by Crippen LogP contribution is 2.16. The minimum Gasteiger partial charge on any atom is -0.342 e. The minimum atomic E-state index is 0.322. The van der Waals surface area contributed by atoms with Crippen LogP contribution in [0.15, 0.2) is 0 Å². The Labute approximate surface area is 140 Å². The van der Waals surface area contributed by atoms with Crippen molar-refractivity contribution in [1.82, 2.24) is 19.6 Å². The molecule has 0 radical (unpaired) electrons. The molecule has 3 fully saturated rings. The van der Waals surface area contributed by atoms with Gasteiger partial charge < -0.3 is 10.6 Å². The van der Waals surface area contributed by atoms with Crippen LogP contribution in [0.25, 0.3) is 0 Å². The third-order valence-corrected chi connectivity index (χ3v) is 5.67. The molecule has 0 aromatic carbocycles. The number of likely N-dealkylation sites (tertiary alicyclic amines) is 2. The summed E-state index contributed by atoms with van der Waals surface area (Å²) in [6.07, 6.45) is 6.72. The van der Waals surface area contributed by atoms with Gasteiger partial charge in [0, 0.05) is 45.8 Å².